The fourth-order valence-corrected chi connectivity index (χ4v) is 3.21. The first-order valence-corrected chi connectivity index (χ1v) is 9.77. The second kappa shape index (κ2) is 8.14. The average molecular weight is 410 g/mol. The lowest BCUT2D eigenvalue weighted by atomic mass is 10.0. The van der Waals surface area contributed by atoms with Crippen molar-refractivity contribution in [3.63, 3.8) is 0 Å². The summed E-state index contributed by atoms with van der Waals surface area (Å²) in [7, 11) is 0. The molecular formula is C22H26N4O4. The van der Waals surface area contributed by atoms with Crippen LogP contribution in [-0.4, -0.2) is 36.5 Å². The number of aliphatic carboxylic acids is 1. The maximum absolute atomic E-state index is 12.8. The Morgan fingerprint density at radius 1 is 1.10 bits per heavy atom. The highest BCUT2D eigenvalue weighted by Crippen LogP contribution is 2.29. The molecule has 0 atom stereocenters. The number of rotatable bonds is 7. The van der Waals surface area contributed by atoms with Gasteiger partial charge in [-0.3, -0.25) is 0 Å². The highest BCUT2D eigenvalue weighted by atomic mass is 16.5. The maximum Gasteiger partial charge on any atom is 0.368 e. The molecule has 0 saturated carbocycles. The largest absolute Gasteiger partial charge is 0.478 e. The molecule has 0 saturated heterocycles. The predicted molar refractivity (Wildman–Crippen MR) is 112 cm³/mol. The molecular weight excluding hydrogens is 384 g/mol. The van der Waals surface area contributed by atoms with Gasteiger partial charge in [-0.2, -0.15) is 9.36 Å². The van der Waals surface area contributed by atoms with Crippen molar-refractivity contribution in [2.24, 2.45) is 0 Å². The van der Waals surface area contributed by atoms with Crippen LogP contribution in [0.3, 0.4) is 0 Å². The molecule has 30 heavy (non-hydrogen) atoms. The topological polar surface area (TPSA) is 99.2 Å². The molecule has 3 rings (SSSR count). The number of carboxylic acids is 1. The van der Waals surface area contributed by atoms with Crippen LogP contribution in [-0.2, 0) is 17.8 Å². The fourth-order valence-electron chi connectivity index (χ4n) is 3.21. The van der Waals surface area contributed by atoms with Crippen molar-refractivity contribution in [2.45, 2.75) is 53.2 Å². The highest BCUT2D eigenvalue weighted by Gasteiger charge is 2.30. The van der Waals surface area contributed by atoms with Crippen LogP contribution in [0.4, 0.5) is 0 Å². The second-order valence-electron chi connectivity index (χ2n) is 7.83. The van der Waals surface area contributed by atoms with Crippen molar-refractivity contribution in [1.29, 1.82) is 0 Å². The van der Waals surface area contributed by atoms with Crippen molar-refractivity contribution in [3.05, 3.63) is 69.1 Å². The van der Waals surface area contributed by atoms with Crippen LogP contribution in [0.1, 0.15) is 43.0 Å². The van der Waals surface area contributed by atoms with E-state index < -0.39 is 11.6 Å². The molecule has 0 aliphatic heterocycles. The zero-order valence-corrected chi connectivity index (χ0v) is 17.8. The van der Waals surface area contributed by atoms with Crippen molar-refractivity contribution >= 4 is 5.97 Å². The summed E-state index contributed by atoms with van der Waals surface area (Å²) in [6.45, 7) is 9.01. The summed E-state index contributed by atoms with van der Waals surface area (Å²) in [5.74, 6) is -0.515. The van der Waals surface area contributed by atoms with Gasteiger partial charge in [0.2, 0.25) is 0 Å². The van der Waals surface area contributed by atoms with E-state index >= 15 is 0 Å². The normalized spacial score (nSPS) is 11.5. The molecule has 8 nitrogen and oxygen atoms in total. The Kier molecular flexibility index (Phi) is 5.78. The minimum atomic E-state index is -1.34. The Hall–Kier alpha value is -3.42. The van der Waals surface area contributed by atoms with Crippen molar-refractivity contribution in [1.82, 2.24) is 19.8 Å². The van der Waals surface area contributed by atoms with Crippen molar-refractivity contribution in [2.75, 3.05) is 0 Å². The Balaban J connectivity index is 1.88. The van der Waals surface area contributed by atoms with E-state index in [0.29, 0.717) is 11.4 Å². The summed E-state index contributed by atoms with van der Waals surface area (Å²) in [6, 6.07) is 11.4. The molecule has 8 heteroatoms. The number of tetrazole rings is 1. The van der Waals surface area contributed by atoms with Crippen LogP contribution < -0.4 is 10.4 Å². The molecule has 3 aromatic rings. The van der Waals surface area contributed by atoms with Gasteiger partial charge in [-0.25, -0.2) is 9.59 Å². The molecule has 0 aliphatic carbocycles. The number of ether oxygens (including phenoxy) is 1. The Labute approximate surface area is 174 Å². The Bertz CT molecular complexity index is 1120. The minimum absolute atomic E-state index is 0.247. The monoisotopic (exact) mass is 410 g/mol. The molecule has 1 N–H and O–H groups in total. The third-order valence-electron chi connectivity index (χ3n) is 4.93. The summed E-state index contributed by atoms with van der Waals surface area (Å²) in [6.07, 6.45) is 0.863. The summed E-state index contributed by atoms with van der Waals surface area (Å²) in [5, 5.41) is 17.3. The summed E-state index contributed by atoms with van der Waals surface area (Å²) in [4.78, 5) is 24.2. The molecule has 1 heterocycles. The van der Waals surface area contributed by atoms with Gasteiger partial charge in [0.05, 0.1) is 12.2 Å². The standard InChI is InChI=1S/C22H26N4O4/c1-6-16-8-7-9-18(12-16)26-21(29)25(23-24-26)13-17-10-14(2)19(15(3)11-17)30-22(4,5)20(27)28/h7-12H,6,13H2,1-5H3,(H,27,28). The fraction of sp³-hybridized carbons (Fsp3) is 0.364. The molecule has 0 fully saturated rings. The molecule has 158 valence electrons. The van der Waals surface area contributed by atoms with Gasteiger partial charge in [0.15, 0.2) is 5.60 Å². The lowest BCUT2D eigenvalue weighted by molar-refractivity contribution is -0.152. The van der Waals surface area contributed by atoms with Crippen molar-refractivity contribution in [3.8, 4) is 11.4 Å². The molecule has 1 aromatic heterocycles. The van der Waals surface area contributed by atoms with E-state index in [1.54, 1.807) is 0 Å². The molecule has 0 aliphatic rings. The number of benzene rings is 2. The first-order chi connectivity index (χ1) is 14.1. The van der Waals surface area contributed by atoms with Crippen LogP contribution in [0.15, 0.2) is 41.2 Å². The SMILES string of the molecule is CCc1cccc(-n2nnn(Cc3cc(C)c(OC(C)(C)C(=O)O)c(C)c3)c2=O)c1. The zero-order chi connectivity index (χ0) is 22.1. The van der Waals surface area contributed by atoms with Gasteiger partial charge in [-0.1, -0.05) is 31.2 Å². The number of hydrogen-bond donors (Lipinski definition) is 1. The van der Waals surface area contributed by atoms with Crippen LogP contribution in [0.25, 0.3) is 5.69 Å². The number of carboxylic acid groups (broad SMARTS) is 1. The van der Waals surface area contributed by atoms with Gasteiger partial charge in [0, 0.05) is 0 Å². The maximum atomic E-state index is 12.8. The molecule has 0 amide bonds. The highest BCUT2D eigenvalue weighted by molar-refractivity contribution is 5.77. The quantitative estimate of drug-likeness (QED) is 0.643. The van der Waals surface area contributed by atoms with E-state index in [9.17, 15) is 14.7 Å². The Morgan fingerprint density at radius 3 is 2.37 bits per heavy atom. The molecule has 0 radical (unpaired) electrons. The van der Waals surface area contributed by atoms with Crippen LogP contribution in [0.5, 0.6) is 5.75 Å². The molecule has 0 bridgehead atoms. The van der Waals surface area contributed by atoms with Crippen molar-refractivity contribution < 1.29 is 14.6 Å². The van der Waals surface area contributed by atoms with Crippen LogP contribution in [0.2, 0.25) is 0 Å². The van der Waals surface area contributed by atoms with Crippen LogP contribution >= 0.6 is 0 Å². The third kappa shape index (κ3) is 4.27. The smallest absolute Gasteiger partial charge is 0.368 e. The third-order valence-corrected chi connectivity index (χ3v) is 4.93. The van der Waals surface area contributed by atoms with E-state index in [1.807, 2.05) is 57.2 Å². The van der Waals surface area contributed by atoms with E-state index in [-0.39, 0.29) is 12.2 Å². The van der Waals surface area contributed by atoms with Gasteiger partial charge in [-0.05, 0) is 78.9 Å². The zero-order valence-electron chi connectivity index (χ0n) is 17.8. The first-order valence-electron chi connectivity index (χ1n) is 9.77. The van der Waals surface area contributed by atoms with Gasteiger partial charge in [0.1, 0.15) is 5.75 Å². The van der Waals surface area contributed by atoms with E-state index in [2.05, 4.69) is 10.4 Å². The van der Waals surface area contributed by atoms with E-state index in [0.717, 1.165) is 28.7 Å². The van der Waals surface area contributed by atoms with Gasteiger partial charge < -0.3 is 9.84 Å². The van der Waals surface area contributed by atoms with E-state index in [1.165, 1.54) is 23.2 Å². The average Bonchev–Trinajstić information content (AvgIpc) is 3.05. The minimum Gasteiger partial charge on any atom is -0.478 e. The number of nitrogens with zero attached hydrogens (tertiary/aromatic N) is 4. The number of carbonyl (C=O) groups is 1. The summed E-state index contributed by atoms with van der Waals surface area (Å²) >= 11 is 0. The lowest BCUT2D eigenvalue weighted by Crippen LogP contribution is -2.38. The summed E-state index contributed by atoms with van der Waals surface area (Å²) < 4.78 is 8.32. The first kappa shape index (κ1) is 21.3. The van der Waals surface area contributed by atoms with Gasteiger partial charge >= 0.3 is 11.7 Å². The second-order valence-corrected chi connectivity index (χ2v) is 7.83. The lowest BCUT2D eigenvalue weighted by Gasteiger charge is -2.24. The number of aromatic nitrogens is 4. The predicted octanol–water partition coefficient (Wildman–Crippen LogP) is 2.90. The van der Waals surface area contributed by atoms with Crippen LogP contribution in [0, 0.1) is 13.8 Å². The van der Waals surface area contributed by atoms with E-state index in [4.69, 9.17) is 4.74 Å². The Morgan fingerprint density at radius 2 is 1.77 bits per heavy atom. The number of hydrogen-bond acceptors (Lipinski definition) is 5. The molecule has 0 unspecified atom stereocenters. The molecule has 0 spiro atoms. The van der Waals surface area contributed by atoms with Gasteiger partial charge in [-0.15, -0.1) is 0 Å². The number of aryl methyl sites for hydroxylation is 3. The molecule has 2 aromatic carbocycles. The van der Waals surface area contributed by atoms with Gasteiger partial charge in [0.25, 0.3) is 0 Å². The summed E-state index contributed by atoms with van der Waals surface area (Å²) in [5.41, 5.74) is 2.54.